The van der Waals surface area contributed by atoms with E-state index in [-0.39, 0.29) is 10.8 Å². The highest BCUT2D eigenvalue weighted by Crippen LogP contribution is 2.63. The Bertz CT molecular complexity index is 808. The molecule has 4 rings (SSSR count). The molecular formula is C22H20Cl2S2. The lowest BCUT2D eigenvalue weighted by Crippen LogP contribution is -2.26. The first-order valence-corrected chi connectivity index (χ1v) is 11.0. The lowest BCUT2D eigenvalue weighted by Gasteiger charge is -2.33. The van der Waals surface area contributed by atoms with E-state index in [1.165, 1.54) is 19.6 Å². The second-order valence-electron chi connectivity index (χ2n) is 7.52. The highest BCUT2D eigenvalue weighted by atomic mass is 35.5. The van der Waals surface area contributed by atoms with Crippen molar-refractivity contribution in [3.63, 3.8) is 0 Å². The van der Waals surface area contributed by atoms with Gasteiger partial charge in [0.15, 0.2) is 0 Å². The Labute approximate surface area is 174 Å². The third-order valence-electron chi connectivity index (χ3n) is 5.47. The van der Waals surface area contributed by atoms with Gasteiger partial charge in [-0.3, -0.25) is 0 Å². The fraction of sp³-hybridized carbons (Fsp3) is 0.273. The monoisotopic (exact) mass is 418 g/mol. The van der Waals surface area contributed by atoms with Crippen molar-refractivity contribution in [1.29, 1.82) is 0 Å². The molecule has 0 nitrogen and oxygen atoms in total. The summed E-state index contributed by atoms with van der Waals surface area (Å²) in [5.74, 6) is 0. The van der Waals surface area contributed by atoms with E-state index in [1.54, 1.807) is 0 Å². The number of hydrogen-bond acceptors (Lipinski definition) is 2. The van der Waals surface area contributed by atoms with Crippen LogP contribution in [0.1, 0.15) is 26.7 Å². The maximum Gasteiger partial charge on any atom is 0.0406 e. The highest BCUT2D eigenvalue weighted by molar-refractivity contribution is 8.03. The quantitative estimate of drug-likeness (QED) is 0.487. The topological polar surface area (TPSA) is 0 Å². The largest absolute Gasteiger partial charge is 0.0948 e. The van der Waals surface area contributed by atoms with Crippen LogP contribution >= 0.6 is 46.7 Å². The van der Waals surface area contributed by atoms with Crippen LogP contribution in [0.4, 0.5) is 0 Å². The molecule has 2 atom stereocenters. The Morgan fingerprint density at radius 2 is 1.00 bits per heavy atom. The van der Waals surface area contributed by atoms with E-state index in [1.807, 2.05) is 47.8 Å². The first-order valence-electron chi connectivity index (χ1n) is 8.66. The Morgan fingerprint density at radius 3 is 1.35 bits per heavy atom. The van der Waals surface area contributed by atoms with Crippen LogP contribution in [0.3, 0.4) is 0 Å². The van der Waals surface area contributed by atoms with Crippen molar-refractivity contribution in [1.82, 2.24) is 0 Å². The zero-order valence-electron chi connectivity index (χ0n) is 14.8. The summed E-state index contributed by atoms with van der Waals surface area (Å²) >= 11 is 15.7. The maximum absolute atomic E-state index is 6.00. The summed E-state index contributed by atoms with van der Waals surface area (Å²) in [4.78, 5) is 5.44. The average Bonchev–Trinajstić information content (AvgIpc) is 2.95. The smallest absolute Gasteiger partial charge is 0.0406 e. The van der Waals surface area contributed by atoms with Crippen molar-refractivity contribution in [2.45, 2.75) is 36.5 Å². The van der Waals surface area contributed by atoms with E-state index in [0.717, 1.165) is 22.9 Å². The number of rotatable bonds is 4. The summed E-state index contributed by atoms with van der Waals surface area (Å²) in [6.07, 6.45) is 7.19. The van der Waals surface area contributed by atoms with Gasteiger partial charge in [0.1, 0.15) is 0 Å². The number of thioether (sulfide) groups is 2. The van der Waals surface area contributed by atoms with Crippen LogP contribution < -0.4 is 0 Å². The van der Waals surface area contributed by atoms with Crippen molar-refractivity contribution < 1.29 is 0 Å². The normalized spacial score (nSPS) is 27.2. The number of halogens is 2. The molecule has 2 aromatic rings. The lowest BCUT2D eigenvalue weighted by atomic mass is 9.70. The molecule has 0 amide bonds. The molecular weight excluding hydrogens is 399 g/mol. The second-order valence-corrected chi connectivity index (χ2v) is 10.8. The predicted molar refractivity (Wildman–Crippen MR) is 116 cm³/mol. The SMILES string of the molecule is CC12C=C(Sc3ccc(Cl)cc3)CC1(C)C=C(Sc1ccc(Cl)cc1)C2. The van der Waals surface area contributed by atoms with Gasteiger partial charge in [0.05, 0.1) is 0 Å². The van der Waals surface area contributed by atoms with E-state index in [2.05, 4.69) is 50.3 Å². The van der Waals surface area contributed by atoms with E-state index in [4.69, 9.17) is 23.2 Å². The standard InChI is InChI=1S/C22H20Cl2S2/c1-21-11-19(25-17-7-3-15(23)4-8-17)13-22(21,2)14-20(12-21)26-18-9-5-16(24)6-10-18/h3-11,14H,12-13H2,1-2H3. The van der Waals surface area contributed by atoms with Crippen LogP contribution in [-0.4, -0.2) is 0 Å². The number of hydrogen-bond donors (Lipinski definition) is 0. The average molecular weight is 419 g/mol. The van der Waals surface area contributed by atoms with Crippen LogP contribution in [-0.2, 0) is 0 Å². The molecule has 0 spiro atoms. The molecule has 0 bridgehead atoms. The molecule has 0 fully saturated rings. The molecule has 26 heavy (non-hydrogen) atoms. The van der Waals surface area contributed by atoms with Crippen LogP contribution in [0.2, 0.25) is 10.0 Å². The zero-order chi connectivity index (χ0) is 18.4. The number of allylic oxidation sites excluding steroid dienone is 4. The Balaban J connectivity index is 1.48. The zero-order valence-corrected chi connectivity index (χ0v) is 17.9. The minimum absolute atomic E-state index is 0.191. The molecule has 0 aromatic heterocycles. The molecule has 134 valence electrons. The van der Waals surface area contributed by atoms with Crippen LogP contribution in [0.5, 0.6) is 0 Å². The van der Waals surface area contributed by atoms with Crippen LogP contribution in [0.25, 0.3) is 0 Å². The summed E-state index contributed by atoms with van der Waals surface area (Å²) in [6.45, 7) is 4.79. The molecule has 4 heteroatoms. The molecule has 0 heterocycles. The van der Waals surface area contributed by atoms with Crippen LogP contribution in [0, 0.1) is 10.8 Å². The summed E-state index contributed by atoms with van der Waals surface area (Å²) in [6, 6.07) is 16.3. The van der Waals surface area contributed by atoms with Gasteiger partial charge in [-0.15, -0.1) is 0 Å². The molecule has 2 aliphatic rings. The predicted octanol–water partition coefficient (Wildman–Crippen LogP) is 8.47. The fourth-order valence-electron chi connectivity index (χ4n) is 3.81. The van der Waals surface area contributed by atoms with Gasteiger partial charge in [-0.25, -0.2) is 0 Å². The van der Waals surface area contributed by atoms with Crippen molar-refractivity contribution >= 4 is 46.7 Å². The molecule has 0 radical (unpaired) electrons. The Hall–Kier alpha value is -0.800. The van der Waals surface area contributed by atoms with Gasteiger partial charge in [0.25, 0.3) is 0 Å². The molecule has 2 aromatic carbocycles. The minimum Gasteiger partial charge on any atom is -0.0948 e. The highest BCUT2D eigenvalue weighted by Gasteiger charge is 2.51. The van der Waals surface area contributed by atoms with Gasteiger partial charge < -0.3 is 0 Å². The number of fused-ring (bicyclic) bond motifs is 1. The van der Waals surface area contributed by atoms with Crippen LogP contribution in [0.15, 0.2) is 80.3 Å². The Kier molecular flexibility index (Phi) is 4.98. The van der Waals surface area contributed by atoms with Gasteiger partial charge in [0, 0.05) is 30.7 Å². The lowest BCUT2D eigenvalue weighted by molar-refractivity contribution is 0.230. The molecule has 0 N–H and O–H groups in total. The summed E-state index contributed by atoms with van der Waals surface area (Å²) < 4.78 is 0. The van der Waals surface area contributed by atoms with E-state index >= 15 is 0 Å². The molecule has 2 aliphatic carbocycles. The van der Waals surface area contributed by atoms with Gasteiger partial charge in [-0.2, -0.15) is 0 Å². The maximum atomic E-state index is 6.00. The fourth-order valence-corrected chi connectivity index (χ4v) is 6.60. The third kappa shape index (κ3) is 3.62. The van der Waals surface area contributed by atoms with E-state index < -0.39 is 0 Å². The van der Waals surface area contributed by atoms with Crippen molar-refractivity contribution in [2.24, 2.45) is 10.8 Å². The Morgan fingerprint density at radius 1 is 0.654 bits per heavy atom. The van der Waals surface area contributed by atoms with Gasteiger partial charge in [-0.1, -0.05) is 72.7 Å². The molecule has 2 unspecified atom stereocenters. The summed E-state index contributed by atoms with van der Waals surface area (Å²) in [7, 11) is 0. The summed E-state index contributed by atoms with van der Waals surface area (Å²) in [5.41, 5.74) is 0.382. The first kappa shape index (κ1) is 18.6. The van der Waals surface area contributed by atoms with Crippen molar-refractivity contribution in [3.05, 3.63) is 80.5 Å². The first-order chi connectivity index (χ1) is 12.4. The third-order valence-corrected chi connectivity index (χ3v) is 8.04. The molecule has 0 saturated carbocycles. The molecule has 0 saturated heterocycles. The van der Waals surface area contributed by atoms with Gasteiger partial charge >= 0.3 is 0 Å². The molecule has 0 aliphatic heterocycles. The van der Waals surface area contributed by atoms with Crippen molar-refractivity contribution in [2.75, 3.05) is 0 Å². The van der Waals surface area contributed by atoms with Gasteiger partial charge in [0.2, 0.25) is 0 Å². The second kappa shape index (κ2) is 6.98. The minimum atomic E-state index is 0.191. The van der Waals surface area contributed by atoms with Crippen molar-refractivity contribution in [3.8, 4) is 0 Å². The van der Waals surface area contributed by atoms with E-state index in [9.17, 15) is 0 Å². The summed E-state index contributed by atoms with van der Waals surface area (Å²) in [5, 5.41) is 1.58. The van der Waals surface area contributed by atoms with Gasteiger partial charge in [-0.05, 0) is 71.2 Å². The number of benzene rings is 2. The van der Waals surface area contributed by atoms with E-state index in [0.29, 0.717) is 0 Å².